The minimum atomic E-state index is -0.753. The van der Waals surface area contributed by atoms with Crippen molar-refractivity contribution in [1.29, 1.82) is 0 Å². The molecule has 3 aromatic rings. The number of likely N-dealkylation sites (tertiary alicyclic amines) is 1. The fourth-order valence-electron chi connectivity index (χ4n) is 4.05. The number of rotatable bonds is 7. The third-order valence-corrected chi connectivity index (χ3v) is 6.19. The molecule has 4 rings (SSSR count). The average Bonchev–Trinajstić information content (AvgIpc) is 3.22. The summed E-state index contributed by atoms with van der Waals surface area (Å²) in [4.78, 5) is 16.3. The molecule has 3 aromatic carbocycles. The van der Waals surface area contributed by atoms with E-state index in [1.807, 2.05) is 54.6 Å². The van der Waals surface area contributed by atoms with Crippen molar-refractivity contribution in [2.45, 2.75) is 31.8 Å². The number of aliphatic hydroxyl groups is 1. The van der Waals surface area contributed by atoms with Gasteiger partial charge in [-0.15, -0.1) is 0 Å². The molecule has 172 valence electrons. The van der Waals surface area contributed by atoms with Crippen LogP contribution in [0.15, 0.2) is 78.9 Å². The van der Waals surface area contributed by atoms with E-state index in [4.69, 9.17) is 16.3 Å². The SMILES string of the molecule is O=C(OCc1ccccc1)N1C[C@@H](O)[C@H](N(Cc2ccc(F)cc2)Cc2ccccc2Cl)C1. The Labute approximate surface area is 198 Å². The molecule has 1 aliphatic heterocycles. The zero-order chi connectivity index (χ0) is 23.2. The summed E-state index contributed by atoms with van der Waals surface area (Å²) in [5.74, 6) is -0.301. The third kappa shape index (κ3) is 6.11. The average molecular weight is 469 g/mol. The van der Waals surface area contributed by atoms with Crippen LogP contribution in [0.25, 0.3) is 0 Å². The summed E-state index contributed by atoms with van der Waals surface area (Å²) in [5.41, 5.74) is 2.72. The highest BCUT2D eigenvalue weighted by Gasteiger charge is 2.38. The monoisotopic (exact) mass is 468 g/mol. The Kier molecular flexibility index (Phi) is 7.60. The van der Waals surface area contributed by atoms with Crippen LogP contribution < -0.4 is 0 Å². The van der Waals surface area contributed by atoms with Gasteiger partial charge in [-0.05, 0) is 34.9 Å². The molecule has 0 aliphatic carbocycles. The van der Waals surface area contributed by atoms with E-state index in [1.54, 1.807) is 12.1 Å². The van der Waals surface area contributed by atoms with Crippen LogP contribution in [0, 0.1) is 5.82 Å². The van der Waals surface area contributed by atoms with Gasteiger partial charge in [0.2, 0.25) is 0 Å². The molecule has 0 aromatic heterocycles. The largest absolute Gasteiger partial charge is 0.445 e. The smallest absolute Gasteiger partial charge is 0.410 e. The summed E-state index contributed by atoms with van der Waals surface area (Å²) in [7, 11) is 0. The quantitative estimate of drug-likeness (QED) is 0.538. The molecular weight excluding hydrogens is 443 g/mol. The number of benzene rings is 3. The predicted octanol–water partition coefficient (Wildman–Crippen LogP) is 4.86. The van der Waals surface area contributed by atoms with Gasteiger partial charge >= 0.3 is 6.09 Å². The highest BCUT2D eigenvalue weighted by Crippen LogP contribution is 2.25. The molecule has 0 unspecified atom stereocenters. The van der Waals surface area contributed by atoms with Gasteiger partial charge in [-0.3, -0.25) is 4.90 Å². The molecule has 0 spiro atoms. The number of ether oxygens (including phenoxy) is 1. The van der Waals surface area contributed by atoms with E-state index >= 15 is 0 Å². The molecule has 33 heavy (non-hydrogen) atoms. The van der Waals surface area contributed by atoms with Gasteiger partial charge in [0.1, 0.15) is 12.4 Å². The van der Waals surface area contributed by atoms with Crippen LogP contribution in [0.1, 0.15) is 16.7 Å². The Morgan fingerprint density at radius 1 is 0.970 bits per heavy atom. The van der Waals surface area contributed by atoms with Crippen LogP contribution >= 0.6 is 11.6 Å². The Bertz CT molecular complexity index is 1060. The van der Waals surface area contributed by atoms with Crippen LogP contribution in [0.2, 0.25) is 5.02 Å². The van der Waals surface area contributed by atoms with Crippen molar-refractivity contribution >= 4 is 17.7 Å². The van der Waals surface area contributed by atoms with Gasteiger partial charge in [0, 0.05) is 24.7 Å². The molecule has 0 bridgehead atoms. The van der Waals surface area contributed by atoms with Crippen molar-refractivity contribution in [1.82, 2.24) is 9.80 Å². The molecule has 2 atom stereocenters. The van der Waals surface area contributed by atoms with Crippen LogP contribution in [-0.2, 0) is 24.4 Å². The number of halogens is 2. The zero-order valence-corrected chi connectivity index (χ0v) is 18.9. The lowest BCUT2D eigenvalue weighted by Crippen LogP contribution is -2.42. The number of aliphatic hydroxyl groups excluding tert-OH is 1. The summed E-state index contributed by atoms with van der Waals surface area (Å²) >= 11 is 6.39. The number of β-amino-alcohol motifs (C(OH)–C–C–N with tert-alkyl or cyclic N) is 1. The van der Waals surface area contributed by atoms with Gasteiger partial charge in [-0.25, -0.2) is 9.18 Å². The molecule has 1 amide bonds. The van der Waals surface area contributed by atoms with E-state index in [0.29, 0.717) is 24.7 Å². The normalized spacial score (nSPS) is 18.0. The van der Waals surface area contributed by atoms with E-state index in [2.05, 4.69) is 4.90 Å². The third-order valence-electron chi connectivity index (χ3n) is 5.82. The van der Waals surface area contributed by atoms with Gasteiger partial charge in [0.25, 0.3) is 0 Å². The van der Waals surface area contributed by atoms with E-state index in [9.17, 15) is 14.3 Å². The van der Waals surface area contributed by atoms with Crippen LogP contribution in [0.3, 0.4) is 0 Å². The first-order valence-electron chi connectivity index (χ1n) is 10.8. The van der Waals surface area contributed by atoms with Crippen molar-refractivity contribution < 1.29 is 19.0 Å². The van der Waals surface area contributed by atoms with Crippen molar-refractivity contribution in [3.63, 3.8) is 0 Å². The van der Waals surface area contributed by atoms with Gasteiger partial charge < -0.3 is 14.7 Å². The lowest BCUT2D eigenvalue weighted by Gasteiger charge is -2.31. The summed E-state index contributed by atoms with van der Waals surface area (Å²) < 4.78 is 18.8. The Morgan fingerprint density at radius 2 is 1.67 bits per heavy atom. The van der Waals surface area contributed by atoms with Crippen molar-refractivity contribution in [3.05, 3.63) is 106 Å². The number of hydrogen-bond acceptors (Lipinski definition) is 4. The molecule has 1 heterocycles. The molecule has 1 saturated heterocycles. The van der Waals surface area contributed by atoms with Crippen LogP contribution in [0.4, 0.5) is 9.18 Å². The fourth-order valence-corrected chi connectivity index (χ4v) is 4.24. The number of carbonyl (C=O) groups excluding carboxylic acids is 1. The van der Waals surface area contributed by atoms with Gasteiger partial charge in [-0.2, -0.15) is 0 Å². The highest BCUT2D eigenvalue weighted by atomic mass is 35.5. The lowest BCUT2D eigenvalue weighted by molar-refractivity contribution is 0.0728. The van der Waals surface area contributed by atoms with Crippen LogP contribution in [0.5, 0.6) is 0 Å². The highest BCUT2D eigenvalue weighted by molar-refractivity contribution is 6.31. The summed E-state index contributed by atoms with van der Waals surface area (Å²) in [6.45, 7) is 1.63. The van der Waals surface area contributed by atoms with Crippen molar-refractivity contribution in [3.8, 4) is 0 Å². The van der Waals surface area contributed by atoms with Crippen molar-refractivity contribution in [2.75, 3.05) is 13.1 Å². The summed E-state index contributed by atoms with van der Waals surface area (Å²) in [6, 6.07) is 23.0. The molecule has 1 N–H and O–H groups in total. The van der Waals surface area contributed by atoms with Crippen LogP contribution in [-0.4, -0.2) is 46.2 Å². The summed E-state index contributed by atoms with van der Waals surface area (Å²) in [6.07, 6.45) is -1.21. The Morgan fingerprint density at radius 3 is 2.39 bits per heavy atom. The molecule has 0 radical (unpaired) electrons. The molecular formula is C26H26ClFN2O3. The second-order valence-electron chi connectivity index (χ2n) is 8.20. The number of amides is 1. The van der Waals surface area contributed by atoms with Gasteiger partial charge in [-0.1, -0.05) is 72.3 Å². The first kappa shape index (κ1) is 23.2. The van der Waals surface area contributed by atoms with E-state index in [1.165, 1.54) is 17.0 Å². The maximum Gasteiger partial charge on any atom is 0.410 e. The number of carbonyl (C=O) groups is 1. The molecule has 0 saturated carbocycles. The minimum Gasteiger partial charge on any atom is -0.445 e. The second-order valence-corrected chi connectivity index (χ2v) is 8.61. The Balaban J connectivity index is 1.47. The minimum absolute atomic E-state index is 0.176. The van der Waals surface area contributed by atoms with Gasteiger partial charge in [0.15, 0.2) is 0 Å². The second kappa shape index (κ2) is 10.8. The predicted molar refractivity (Wildman–Crippen MR) is 125 cm³/mol. The molecule has 7 heteroatoms. The number of hydrogen-bond donors (Lipinski definition) is 1. The Hall–Kier alpha value is -2.93. The topological polar surface area (TPSA) is 53.0 Å². The zero-order valence-electron chi connectivity index (χ0n) is 18.1. The van der Waals surface area contributed by atoms with Crippen molar-refractivity contribution in [2.24, 2.45) is 0 Å². The molecule has 5 nitrogen and oxygen atoms in total. The van der Waals surface area contributed by atoms with E-state index in [-0.39, 0.29) is 25.0 Å². The first-order valence-corrected chi connectivity index (χ1v) is 11.2. The lowest BCUT2D eigenvalue weighted by atomic mass is 10.1. The maximum atomic E-state index is 13.4. The summed E-state index contributed by atoms with van der Waals surface area (Å²) in [5, 5.41) is 11.5. The molecule has 1 fully saturated rings. The van der Waals surface area contributed by atoms with E-state index < -0.39 is 12.2 Å². The van der Waals surface area contributed by atoms with Gasteiger partial charge in [0.05, 0.1) is 18.7 Å². The standard InChI is InChI=1S/C26H26ClFN2O3/c27-23-9-5-4-8-21(23)15-29(14-19-10-12-22(28)13-11-19)24-16-30(17-25(24)31)26(32)33-18-20-6-2-1-3-7-20/h1-13,24-25,31H,14-18H2/t24-,25-/m1/s1. The van der Waals surface area contributed by atoms with E-state index in [0.717, 1.165) is 16.7 Å². The molecule has 1 aliphatic rings. The first-order chi connectivity index (χ1) is 16.0. The maximum absolute atomic E-state index is 13.4. The number of nitrogens with zero attached hydrogens (tertiary/aromatic N) is 2. The fraction of sp³-hybridized carbons (Fsp3) is 0.269.